The van der Waals surface area contributed by atoms with Gasteiger partial charge in [-0.2, -0.15) is 22.0 Å². The second kappa shape index (κ2) is 5.49. The molecule has 106 valence electrons. The molecule has 18 heavy (non-hydrogen) atoms. The Bertz CT molecular complexity index is 327. The number of halogens is 5. The average molecular weight is 277 g/mol. The number of rotatable bonds is 5. The third kappa shape index (κ3) is 4.11. The van der Waals surface area contributed by atoms with Crippen LogP contribution in [0.25, 0.3) is 0 Å². The smallest absolute Gasteiger partial charge is 0.463 e. The monoisotopic (exact) mass is 277 g/mol. The summed E-state index contributed by atoms with van der Waals surface area (Å²) >= 11 is 0. The zero-order chi connectivity index (χ0) is 14.7. The molecule has 0 saturated carbocycles. The van der Waals surface area contributed by atoms with Crippen LogP contribution in [0.2, 0.25) is 0 Å². The van der Waals surface area contributed by atoms with Crippen LogP contribution in [0, 0.1) is 5.92 Å². The fourth-order valence-corrected chi connectivity index (χ4v) is 1.14. The van der Waals surface area contributed by atoms with Gasteiger partial charge >= 0.3 is 24.0 Å². The first kappa shape index (κ1) is 16.6. The molecule has 0 rings (SSSR count). The van der Waals surface area contributed by atoms with Gasteiger partial charge in [0.25, 0.3) is 0 Å². The number of carbonyl (C=O) groups is 2. The SMILES string of the molecule is CC(C)CN(CC(=O)O)C(=O)C(F)(F)C(F)(F)F. The van der Waals surface area contributed by atoms with E-state index in [4.69, 9.17) is 5.11 Å². The molecule has 0 aliphatic carbocycles. The van der Waals surface area contributed by atoms with E-state index in [9.17, 15) is 31.5 Å². The molecule has 0 fully saturated rings. The van der Waals surface area contributed by atoms with E-state index in [2.05, 4.69) is 0 Å². The molecule has 1 N–H and O–H groups in total. The molecule has 0 radical (unpaired) electrons. The van der Waals surface area contributed by atoms with Gasteiger partial charge in [-0.3, -0.25) is 9.59 Å². The number of carbonyl (C=O) groups excluding carboxylic acids is 1. The van der Waals surface area contributed by atoms with Gasteiger partial charge < -0.3 is 10.0 Å². The summed E-state index contributed by atoms with van der Waals surface area (Å²) in [5.41, 5.74) is 0. The number of carboxylic acid groups (broad SMARTS) is 1. The van der Waals surface area contributed by atoms with Crippen molar-refractivity contribution in [3.05, 3.63) is 0 Å². The van der Waals surface area contributed by atoms with Crippen LogP contribution in [0.1, 0.15) is 13.8 Å². The molecule has 4 nitrogen and oxygen atoms in total. The van der Waals surface area contributed by atoms with Crippen LogP contribution in [-0.4, -0.2) is 47.1 Å². The van der Waals surface area contributed by atoms with Crippen molar-refractivity contribution in [2.24, 2.45) is 5.92 Å². The summed E-state index contributed by atoms with van der Waals surface area (Å²) in [4.78, 5) is 21.4. The number of carboxylic acids is 1. The maximum atomic E-state index is 12.8. The number of hydrogen-bond donors (Lipinski definition) is 1. The van der Waals surface area contributed by atoms with Crippen LogP contribution in [0.5, 0.6) is 0 Å². The van der Waals surface area contributed by atoms with Crippen LogP contribution < -0.4 is 0 Å². The van der Waals surface area contributed by atoms with Crippen molar-refractivity contribution in [2.75, 3.05) is 13.1 Å². The van der Waals surface area contributed by atoms with Crippen LogP contribution >= 0.6 is 0 Å². The highest BCUT2D eigenvalue weighted by Gasteiger charge is 2.64. The first-order valence-corrected chi connectivity index (χ1v) is 4.85. The van der Waals surface area contributed by atoms with Crippen molar-refractivity contribution >= 4 is 11.9 Å². The Hall–Kier alpha value is -1.41. The number of aliphatic carboxylic acids is 1. The summed E-state index contributed by atoms with van der Waals surface area (Å²) in [6.07, 6.45) is -6.04. The zero-order valence-corrected chi connectivity index (χ0v) is 9.59. The van der Waals surface area contributed by atoms with Gasteiger partial charge in [-0.15, -0.1) is 0 Å². The predicted octanol–water partition coefficient (Wildman–Crippen LogP) is 1.75. The third-order valence-corrected chi connectivity index (χ3v) is 1.82. The molecule has 0 aromatic rings. The topological polar surface area (TPSA) is 57.6 Å². The van der Waals surface area contributed by atoms with E-state index in [-0.39, 0.29) is 4.90 Å². The maximum absolute atomic E-state index is 12.8. The highest BCUT2D eigenvalue weighted by molar-refractivity contribution is 5.87. The molecule has 0 aliphatic rings. The van der Waals surface area contributed by atoms with Crippen molar-refractivity contribution in [2.45, 2.75) is 25.9 Å². The highest BCUT2D eigenvalue weighted by atomic mass is 19.4. The summed E-state index contributed by atoms with van der Waals surface area (Å²) in [5, 5.41) is 8.39. The Balaban J connectivity index is 5.12. The summed E-state index contributed by atoms with van der Waals surface area (Å²) in [6, 6.07) is 0. The van der Waals surface area contributed by atoms with E-state index >= 15 is 0 Å². The molecule has 9 heteroatoms. The molecular formula is C9H12F5NO3. The largest absolute Gasteiger partial charge is 0.480 e. The number of hydrogen-bond acceptors (Lipinski definition) is 2. The Kier molecular flexibility index (Phi) is 5.06. The van der Waals surface area contributed by atoms with Crippen molar-refractivity contribution < 1.29 is 36.6 Å². The van der Waals surface area contributed by atoms with Gasteiger partial charge in [-0.25, -0.2) is 0 Å². The van der Waals surface area contributed by atoms with Crippen molar-refractivity contribution in [1.29, 1.82) is 0 Å². The number of nitrogens with zero attached hydrogens (tertiary/aromatic N) is 1. The van der Waals surface area contributed by atoms with Gasteiger partial charge in [0.05, 0.1) is 0 Å². The lowest BCUT2D eigenvalue weighted by Crippen LogP contribution is -2.54. The van der Waals surface area contributed by atoms with Crippen LogP contribution in [0.3, 0.4) is 0 Å². The summed E-state index contributed by atoms with van der Waals surface area (Å²) in [6.45, 7) is 1.20. The minimum atomic E-state index is -6.04. The van der Waals surface area contributed by atoms with Gasteiger partial charge in [-0.1, -0.05) is 13.8 Å². The van der Waals surface area contributed by atoms with Crippen LogP contribution in [0.15, 0.2) is 0 Å². The normalized spacial score (nSPS) is 12.7. The molecule has 1 amide bonds. The minimum Gasteiger partial charge on any atom is -0.480 e. The first-order valence-electron chi connectivity index (χ1n) is 4.85. The van der Waals surface area contributed by atoms with E-state index in [1.165, 1.54) is 13.8 Å². The molecule has 0 saturated heterocycles. The van der Waals surface area contributed by atoms with Gasteiger partial charge in [0, 0.05) is 6.54 Å². The van der Waals surface area contributed by atoms with Gasteiger partial charge in [-0.05, 0) is 5.92 Å². The second-order valence-electron chi connectivity index (χ2n) is 4.05. The number of amides is 1. The van der Waals surface area contributed by atoms with E-state index in [0.29, 0.717) is 0 Å². The summed E-state index contributed by atoms with van der Waals surface area (Å²) in [7, 11) is 0. The fraction of sp³-hybridized carbons (Fsp3) is 0.778. The van der Waals surface area contributed by atoms with Crippen molar-refractivity contribution in [3.63, 3.8) is 0 Å². The van der Waals surface area contributed by atoms with Crippen LogP contribution in [-0.2, 0) is 9.59 Å². The Morgan fingerprint density at radius 3 is 1.89 bits per heavy atom. The molecule has 0 bridgehead atoms. The molecule has 0 unspecified atom stereocenters. The zero-order valence-electron chi connectivity index (χ0n) is 9.59. The Labute approximate surface area is 99.4 Å². The first-order chi connectivity index (χ1) is 7.89. The highest BCUT2D eigenvalue weighted by Crippen LogP contribution is 2.36. The predicted molar refractivity (Wildman–Crippen MR) is 50.1 cm³/mol. The van der Waals surface area contributed by atoms with E-state index in [0.717, 1.165) is 0 Å². The molecular weight excluding hydrogens is 265 g/mol. The lowest BCUT2D eigenvalue weighted by Gasteiger charge is -2.28. The van der Waals surface area contributed by atoms with Crippen molar-refractivity contribution in [3.8, 4) is 0 Å². The van der Waals surface area contributed by atoms with Gasteiger partial charge in [0.15, 0.2) is 0 Å². The Morgan fingerprint density at radius 1 is 1.17 bits per heavy atom. The molecule has 0 aromatic carbocycles. The van der Waals surface area contributed by atoms with E-state index in [1.807, 2.05) is 0 Å². The second-order valence-corrected chi connectivity index (χ2v) is 4.05. The summed E-state index contributed by atoms with van der Waals surface area (Å²) < 4.78 is 61.5. The molecule has 0 spiro atoms. The van der Waals surface area contributed by atoms with E-state index in [1.54, 1.807) is 0 Å². The van der Waals surface area contributed by atoms with Gasteiger partial charge in [0.1, 0.15) is 6.54 Å². The maximum Gasteiger partial charge on any atom is 0.463 e. The minimum absolute atomic E-state index is 0.0134. The third-order valence-electron chi connectivity index (χ3n) is 1.82. The van der Waals surface area contributed by atoms with E-state index < -0.39 is 43.0 Å². The average Bonchev–Trinajstić information content (AvgIpc) is 2.12. The van der Waals surface area contributed by atoms with Crippen LogP contribution in [0.4, 0.5) is 22.0 Å². The molecule has 0 aliphatic heterocycles. The standard InChI is InChI=1S/C9H12F5NO3/c1-5(2)3-15(4-6(16)17)7(18)8(10,11)9(12,13)14/h5H,3-4H2,1-2H3,(H,16,17). The fourth-order valence-electron chi connectivity index (χ4n) is 1.14. The number of alkyl halides is 5. The quantitative estimate of drug-likeness (QED) is 0.779. The van der Waals surface area contributed by atoms with Gasteiger partial charge in [0.2, 0.25) is 0 Å². The Morgan fingerprint density at radius 2 is 1.61 bits per heavy atom. The molecule has 0 atom stereocenters. The summed E-state index contributed by atoms with van der Waals surface area (Å²) in [5.74, 6) is -10.2. The molecule has 0 heterocycles. The molecule has 0 aromatic heterocycles. The van der Waals surface area contributed by atoms with Crippen molar-refractivity contribution in [1.82, 2.24) is 4.90 Å². The lowest BCUT2D eigenvalue weighted by molar-refractivity contribution is -0.274. The lowest BCUT2D eigenvalue weighted by atomic mass is 10.2.